The third kappa shape index (κ3) is 1.84. The number of hydrogen-bond donors (Lipinski definition) is 0. The van der Waals surface area contributed by atoms with Gasteiger partial charge in [-0.15, -0.1) is 0 Å². The van der Waals surface area contributed by atoms with E-state index in [4.69, 9.17) is 23.2 Å². The van der Waals surface area contributed by atoms with E-state index in [-0.39, 0.29) is 0 Å². The summed E-state index contributed by atoms with van der Waals surface area (Å²) in [6, 6.07) is 13.1. The van der Waals surface area contributed by atoms with E-state index in [1.165, 1.54) is 0 Å². The lowest BCUT2D eigenvalue weighted by atomic mass is 10.1. The van der Waals surface area contributed by atoms with Crippen molar-refractivity contribution < 1.29 is 4.79 Å². The maximum atomic E-state index is 11.5. The smallest absolute Gasteiger partial charge is 0.218 e. The van der Waals surface area contributed by atoms with Crippen LogP contribution in [0.5, 0.6) is 0 Å². The van der Waals surface area contributed by atoms with Gasteiger partial charge in [-0.25, -0.2) is 0 Å². The summed E-state index contributed by atoms with van der Waals surface area (Å²) < 4.78 is 1.60. The summed E-state index contributed by atoms with van der Waals surface area (Å²) in [6.45, 7) is 1.97. The first-order chi connectivity index (χ1) is 9.65. The Morgan fingerprint density at radius 3 is 2.30 bits per heavy atom. The van der Waals surface area contributed by atoms with Crippen LogP contribution in [0.3, 0.4) is 0 Å². The summed E-state index contributed by atoms with van der Waals surface area (Å²) in [5, 5.41) is 2.09. The lowest BCUT2D eigenvalue weighted by molar-refractivity contribution is 0.549. The Morgan fingerprint density at radius 1 is 1.00 bits per heavy atom. The number of para-hydroxylation sites is 1. The van der Waals surface area contributed by atoms with Gasteiger partial charge in [0, 0.05) is 10.9 Å². The number of carbonyl (C=O) groups excluding carboxylic acids is 1. The van der Waals surface area contributed by atoms with Crippen molar-refractivity contribution in [1.29, 1.82) is 0 Å². The fourth-order valence-electron chi connectivity index (χ4n) is 2.57. The van der Waals surface area contributed by atoms with Crippen molar-refractivity contribution in [3.05, 3.63) is 58.1 Å². The molecule has 0 saturated heterocycles. The largest absolute Gasteiger partial charge is 0.282 e. The highest BCUT2D eigenvalue weighted by Gasteiger charge is 2.19. The number of halogens is 2. The van der Waals surface area contributed by atoms with Crippen LogP contribution >= 0.6 is 23.2 Å². The molecule has 0 unspecified atom stereocenters. The molecule has 0 N–H and O–H groups in total. The van der Waals surface area contributed by atoms with E-state index in [0.29, 0.717) is 15.6 Å². The van der Waals surface area contributed by atoms with Gasteiger partial charge in [-0.1, -0.05) is 47.5 Å². The molecule has 20 heavy (non-hydrogen) atoms. The van der Waals surface area contributed by atoms with Crippen molar-refractivity contribution >= 4 is 40.5 Å². The summed E-state index contributed by atoms with van der Waals surface area (Å²) >= 11 is 12.6. The molecule has 2 nitrogen and oxygen atoms in total. The molecule has 0 radical (unpaired) electrons. The molecule has 0 atom stereocenters. The number of rotatable bonds is 2. The number of aromatic nitrogens is 1. The van der Waals surface area contributed by atoms with E-state index >= 15 is 0 Å². The molecule has 0 aliphatic carbocycles. The Hall–Kier alpha value is -1.77. The normalized spacial score (nSPS) is 10.9. The molecule has 0 saturated carbocycles. The fourth-order valence-corrected chi connectivity index (χ4v) is 3.15. The van der Waals surface area contributed by atoms with Gasteiger partial charge in [-0.2, -0.15) is 0 Å². The second-order valence-electron chi connectivity index (χ2n) is 4.56. The average Bonchev–Trinajstić information content (AvgIpc) is 2.72. The van der Waals surface area contributed by atoms with Crippen molar-refractivity contribution in [2.45, 2.75) is 6.92 Å². The van der Waals surface area contributed by atoms with Gasteiger partial charge >= 0.3 is 0 Å². The molecule has 0 aliphatic heterocycles. The van der Waals surface area contributed by atoms with Gasteiger partial charge in [-0.3, -0.25) is 9.36 Å². The number of carbonyl (C=O) groups is 1. The highest BCUT2D eigenvalue weighted by Crippen LogP contribution is 2.39. The molecule has 0 fully saturated rings. The molecule has 3 aromatic rings. The van der Waals surface area contributed by atoms with E-state index in [1.807, 2.05) is 31.2 Å². The van der Waals surface area contributed by atoms with Gasteiger partial charge in [0.05, 0.1) is 21.3 Å². The molecule has 0 bridgehead atoms. The van der Waals surface area contributed by atoms with Crippen molar-refractivity contribution in [1.82, 2.24) is 4.57 Å². The minimum Gasteiger partial charge on any atom is -0.282 e. The van der Waals surface area contributed by atoms with Crippen LogP contribution in [-0.2, 0) is 4.79 Å². The van der Waals surface area contributed by atoms with Crippen LogP contribution < -0.4 is 0 Å². The summed E-state index contributed by atoms with van der Waals surface area (Å²) in [5.41, 5.74) is 3.28. The molecule has 4 heteroatoms. The SMILES string of the molecule is Cc1c(-c2c(Cl)cccc2Cl)n(C=O)c2ccccc12. The van der Waals surface area contributed by atoms with Crippen molar-refractivity contribution in [2.75, 3.05) is 0 Å². The standard InChI is InChI=1S/C16H11Cl2NO/c1-10-11-5-2-3-8-14(11)19(9-20)16(10)15-12(17)6-4-7-13(15)18/h2-9H,1H3. The quantitative estimate of drug-likeness (QED) is 0.613. The first-order valence-corrected chi connectivity index (χ1v) is 6.90. The van der Waals surface area contributed by atoms with Crippen LogP contribution in [0.15, 0.2) is 42.5 Å². The highest BCUT2D eigenvalue weighted by molar-refractivity contribution is 6.39. The van der Waals surface area contributed by atoms with Gasteiger partial charge in [0.15, 0.2) is 0 Å². The lowest BCUT2D eigenvalue weighted by Crippen LogP contribution is -1.98. The second kappa shape index (κ2) is 4.97. The van der Waals surface area contributed by atoms with Crippen LogP contribution in [-0.4, -0.2) is 11.0 Å². The van der Waals surface area contributed by atoms with Gasteiger partial charge < -0.3 is 0 Å². The van der Waals surface area contributed by atoms with Crippen LogP contribution in [0.1, 0.15) is 5.56 Å². The van der Waals surface area contributed by atoms with E-state index in [1.54, 1.807) is 22.8 Å². The molecule has 3 rings (SSSR count). The Morgan fingerprint density at radius 2 is 1.65 bits per heavy atom. The molecule has 1 heterocycles. The van der Waals surface area contributed by atoms with E-state index in [0.717, 1.165) is 28.6 Å². The fraction of sp³-hybridized carbons (Fsp3) is 0.0625. The Labute approximate surface area is 126 Å². The zero-order valence-corrected chi connectivity index (χ0v) is 12.2. The summed E-state index contributed by atoms with van der Waals surface area (Å²) in [6.07, 6.45) is 0.796. The predicted molar refractivity (Wildman–Crippen MR) is 84.3 cm³/mol. The topological polar surface area (TPSA) is 22.0 Å². The maximum absolute atomic E-state index is 11.5. The molecular formula is C16H11Cl2NO. The number of aryl methyl sites for hydroxylation is 1. The number of hydrogen-bond acceptors (Lipinski definition) is 1. The van der Waals surface area contributed by atoms with Crippen LogP contribution in [0.2, 0.25) is 10.0 Å². The minimum atomic E-state index is 0.534. The van der Waals surface area contributed by atoms with E-state index in [2.05, 4.69) is 0 Å². The third-order valence-electron chi connectivity index (χ3n) is 3.47. The monoisotopic (exact) mass is 303 g/mol. The van der Waals surface area contributed by atoms with Crippen molar-refractivity contribution in [3.63, 3.8) is 0 Å². The Bertz CT molecular complexity index is 800. The van der Waals surface area contributed by atoms with Crippen molar-refractivity contribution in [2.24, 2.45) is 0 Å². The Kier molecular flexibility index (Phi) is 3.28. The summed E-state index contributed by atoms with van der Waals surface area (Å²) in [7, 11) is 0. The van der Waals surface area contributed by atoms with E-state index in [9.17, 15) is 4.79 Å². The molecule has 1 aromatic heterocycles. The third-order valence-corrected chi connectivity index (χ3v) is 4.10. The van der Waals surface area contributed by atoms with Gasteiger partial charge in [-0.05, 0) is 30.7 Å². The van der Waals surface area contributed by atoms with Gasteiger partial charge in [0.25, 0.3) is 0 Å². The average molecular weight is 304 g/mol. The summed E-state index contributed by atoms with van der Waals surface area (Å²) in [4.78, 5) is 11.5. The minimum absolute atomic E-state index is 0.534. The Balaban J connectivity index is 2.48. The van der Waals surface area contributed by atoms with Crippen LogP contribution in [0.4, 0.5) is 0 Å². The second-order valence-corrected chi connectivity index (χ2v) is 5.38. The predicted octanol–water partition coefficient (Wildman–Crippen LogP) is 4.96. The van der Waals surface area contributed by atoms with Crippen LogP contribution in [0.25, 0.3) is 22.2 Å². The first-order valence-electron chi connectivity index (χ1n) is 6.14. The van der Waals surface area contributed by atoms with E-state index < -0.39 is 0 Å². The molecule has 100 valence electrons. The summed E-state index contributed by atoms with van der Waals surface area (Å²) in [5.74, 6) is 0. The highest BCUT2D eigenvalue weighted by atomic mass is 35.5. The zero-order chi connectivity index (χ0) is 14.3. The molecule has 0 spiro atoms. The molecule has 2 aromatic carbocycles. The molecule has 0 aliphatic rings. The number of benzene rings is 2. The lowest BCUT2D eigenvalue weighted by Gasteiger charge is -2.09. The number of fused-ring (bicyclic) bond motifs is 1. The zero-order valence-electron chi connectivity index (χ0n) is 10.7. The number of nitrogens with zero attached hydrogens (tertiary/aromatic N) is 1. The maximum Gasteiger partial charge on any atom is 0.218 e. The molecular weight excluding hydrogens is 293 g/mol. The van der Waals surface area contributed by atoms with Crippen LogP contribution in [0, 0.1) is 6.92 Å². The van der Waals surface area contributed by atoms with Gasteiger partial charge in [0.1, 0.15) is 0 Å². The van der Waals surface area contributed by atoms with Gasteiger partial charge in [0.2, 0.25) is 6.41 Å². The van der Waals surface area contributed by atoms with Crippen molar-refractivity contribution in [3.8, 4) is 11.3 Å². The first kappa shape index (κ1) is 13.2. The molecule has 0 amide bonds.